The number of rotatable bonds is 5. The van der Waals surface area contributed by atoms with Gasteiger partial charge in [0.25, 0.3) is 11.7 Å². The summed E-state index contributed by atoms with van der Waals surface area (Å²) in [4.78, 5) is 9.45. The molecule has 0 amide bonds. The van der Waals surface area contributed by atoms with Crippen LogP contribution in [-0.4, -0.2) is 29.1 Å². The van der Waals surface area contributed by atoms with Crippen LogP contribution in [0.2, 0.25) is 0 Å². The fourth-order valence-corrected chi connectivity index (χ4v) is 5.20. The first-order valence-corrected chi connectivity index (χ1v) is 12.8. The van der Waals surface area contributed by atoms with E-state index in [0.29, 0.717) is 6.67 Å². The Kier molecular flexibility index (Phi) is 5.48. The molecule has 0 atom stereocenters. The van der Waals surface area contributed by atoms with Crippen molar-refractivity contribution in [1.29, 1.82) is 0 Å². The summed E-state index contributed by atoms with van der Waals surface area (Å²) in [7, 11) is 0. The van der Waals surface area contributed by atoms with Gasteiger partial charge in [-0.05, 0) is 58.3 Å². The second-order valence-corrected chi connectivity index (χ2v) is 9.36. The summed E-state index contributed by atoms with van der Waals surface area (Å²) in [5.41, 5.74) is 7.92. The van der Waals surface area contributed by atoms with E-state index in [9.17, 15) is 0 Å². The summed E-state index contributed by atoms with van der Waals surface area (Å²) >= 11 is 0. The first kappa shape index (κ1) is 22.1. The lowest BCUT2D eigenvalue weighted by atomic mass is 9.89. The third-order valence-electron chi connectivity index (χ3n) is 7.02. The Morgan fingerprint density at radius 2 is 1.34 bits per heavy atom. The lowest BCUT2D eigenvalue weighted by Crippen LogP contribution is -2.34. The molecule has 0 aliphatic carbocycles. The van der Waals surface area contributed by atoms with Gasteiger partial charge in [0.1, 0.15) is 12.4 Å². The number of allylic oxidation sites excluding steroid dienone is 1. The SMILES string of the molecule is C1=NCNC=C1c1c(-c2ccc(C3=[N+](c4ccccc4)C(c4ccccc4)=N3)cc2)ccc2ccccc12. The van der Waals surface area contributed by atoms with E-state index in [-0.39, 0.29) is 0 Å². The van der Waals surface area contributed by atoms with Crippen molar-refractivity contribution in [3.05, 3.63) is 144 Å². The van der Waals surface area contributed by atoms with E-state index < -0.39 is 0 Å². The minimum atomic E-state index is 0.611. The molecular weight excluding hydrogens is 464 g/mol. The van der Waals surface area contributed by atoms with E-state index in [1.165, 1.54) is 21.9 Å². The summed E-state index contributed by atoms with van der Waals surface area (Å²) in [6, 6.07) is 42.5. The van der Waals surface area contributed by atoms with Crippen molar-refractivity contribution in [2.45, 2.75) is 0 Å². The van der Waals surface area contributed by atoms with E-state index in [1.54, 1.807) is 0 Å². The molecule has 2 aliphatic rings. The lowest BCUT2D eigenvalue weighted by molar-refractivity contribution is -0.319. The molecule has 0 fully saturated rings. The highest BCUT2D eigenvalue weighted by Crippen LogP contribution is 2.35. The Morgan fingerprint density at radius 1 is 0.632 bits per heavy atom. The molecule has 0 unspecified atom stereocenters. The molecule has 180 valence electrons. The van der Waals surface area contributed by atoms with Crippen LogP contribution < -0.4 is 5.32 Å². The van der Waals surface area contributed by atoms with E-state index >= 15 is 0 Å². The van der Waals surface area contributed by atoms with Crippen molar-refractivity contribution >= 4 is 39.9 Å². The minimum Gasteiger partial charge on any atom is -0.372 e. The quantitative estimate of drug-likeness (QED) is 0.265. The summed E-state index contributed by atoms with van der Waals surface area (Å²) in [5.74, 6) is 1.91. The van der Waals surface area contributed by atoms with Crippen LogP contribution in [0.3, 0.4) is 0 Å². The lowest BCUT2D eigenvalue weighted by Gasteiger charge is -2.20. The summed E-state index contributed by atoms with van der Waals surface area (Å²) in [6.07, 6.45) is 4.03. The number of hydrogen-bond donors (Lipinski definition) is 1. The molecule has 4 heteroatoms. The molecule has 0 bridgehead atoms. The molecule has 0 saturated carbocycles. The fraction of sp³-hybridized carbons (Fsp3) is 0.0294. The van der Waals surface area contributed by atoms with Gasteiger partial charge < -0.3 is 5.32 Å². The van der Waals surface area contributed by atoms with Crippen molar-refractivity contribution < 1.29 is 4.58 Å². The van der Waals surface area contributed by atoms with Gasteiger partial charge in [-0.25, -0.2) is 0 Å². The largest absolute Gasteiger partial charge is 0.372 e. The third-order valence-corrected chi connectivity index (χ3v) is 7.02. The van der Waals surface area contributed by atoms with Crippen LogP contribution in [0.15, 0.2) is 138 Å². The van der Waals surface area contributed by atoms with Gasteiger partial charge in [0.2, 0.25) is 0 Å². The number of nitrogens with zero attached hydrogens (tertiary/aromatic N) is 3. The average Bonchev–Trinajstić information content (AvgIpc) is 2.98. The number of fused-ring (bicyclic) bond motifs is 1. The van der Waals surface area contributed by atoms with Crippen LogP contribution in [0.4, 0.5) is 5.69 Å². The maximum absolute atomic E-state index is 4.98. The number of para-hydroxylation sites is 1. The number of benzene rings is 5. The molecule has 2 aliphatic heterocycles. The Morgan fingerprint density at radius 3 is 2.11 bits per heavy atom. The van der Waals surface area contributed by atoms with Gasteiger partial charge in [-0.1, -0.05) is 89.9 Å². The highest BCUT2D eigenvalue weighted by molar-refractivity contribution is 6.18. The normalized spacial score (nSPS) is 14.5. The van der Waals surface area contributed by atoms with Gasteiger partial charge in [0.05, 0.1) is 11.1 Å². The van der Waals surface area contributed by atoms with Gasteiger partial charge >= 0.3 is 0 Å². The monoisotopic (exact) mass is 489 g/mol. The summed E-state index contributed by atoms with van der Waals surface area (Å²) in [5, 5.41) is 5.71. The summed E-state index contributed by atoms with van der Waals surface area (Å²) in [6.45, 7) is 0.611. The second-order valence-electron chi connectivity index (χ2n) is 9.36. The molecule has 7 rings (SSSR count). The zero-order chi connectivity index (χ0) is 25.3. The van der Waals surface area contributed by atoms with Gasteiger partial charge in [0.15, 0.2) is 0 Å². The summed E-state index contributed by atoms with van der Waals surface area (Å²) < 4.78 is 2.24. The molecule has 1 N–H and O–H groups in total. The van der Waals surface area contributed by atoms with Gasteiger partial charge in [-0.15, -0.1) is 0 Å². The van der Waals surface area contributed by atoms with Crippen LogP contribution in [-0.2, 0) is 0 Å². The highest BCUT2D eigenvalue weighted by atomic mass is 15.2. The van der Waals surface area contributed by atoms with Gasteiger partial charge in [-0.2, -0.15) is 4.58 Å². The first-order valence-electron chi connectivity index (χ1n) is 12.8. The van der Waals surface area contributed by atoms with E-state index in [1.807, 2.05) is 18.3 Å². The minimum absolute atomic E-state index is 0.611. The molecule has 2 heterocycles. The third kappa shape index (κ3) is 3.84. The van der Waals surface area contributed by atoms with E-state index in [4.69, 9.17) is 4.99 Å². The van der Waals surface area contributed by atoms with Crippen LogP contribution in [0.5, 0.6) is 0 Å². The molecule has 38 heavy (non-hydrogen) atoms. The highest BCUT2D eigenvalue weighted by Gasteiger charge is 2.32. The standard InChI is InChI=1S/C34H24N4/c1-3-10-26(11-4-1)33-37-34(38(33)29-12-5-2-6-13-29)27-17-15-25(16-18-27)31-20-19-24-9-7-8-14-30(24)32(31)28-21-35-23-36-22-28/h1-22H,23H2/p+1. The zero-order valence-corrected chi connectivity index (χ0v) is 20.8. The topological polar surface area (TPSA) is 39.8 Å². The Balaban J connectivity index is 1.32. The van der Waals surface area contributed by atoms with Gasteiger partial charge in [-0.3, -0.25) is 4.99 Å². The predicted octanol–water partition coefficient (Wildman–Crippen LogP) is 7.03. The van der Waals surface area contributed by atoms with Crippen molar-refractivity contribution in [1.82, 2.24) is 5.32 Å². The molecule has 4 nitrogen and oxygen atoms in total. The molecule has 0 spiro atoms. The average molecular weight is 490 g/mol. The number of amidine groups is 2. The van der Waals surface area contributed by atoms with Crippen LogP contribution in [0.25, 0.3) is 27.5 Å². The van der Waals surface area contributed by atoms with Crippen molar-refractivity contribution in [3.8, 4) is 11.1 Å². The molecule has 0 aromatic heterocycles. The smallest absolute Gasteiger partial charge is 0.279 e. The molecule has 0 saturated heterocycles. The van der Waals surface area contributed by atoms with Crippen molar-refractivity contribution in [2.75, 3.05) is 6.67 Å². The van der Waals surface area contributed by atoms with Crippen LogP contribution in [0, 0.1) is 0 Å². The maximum Gasteiger partial charge on any atom is 0.279 e. The van der Waals surface area contributed by atoms with Crippen LogP contribution >= 0.6 is 0 Å². The Hall–Kier alpha value is -5.09. The zero-order valence-electron chi connectivity index (χ0n) is 20.8. The first-order chi connectivity index (χ1) is 18.9. The molecule has 0 radical (unpaired) electrons. The molecule has 5 aromatic carbocycles. The van der Waals surface area contributed by atoms with Gasteiger partial charge in [0, 0.05) is 23.6 Å². The Labute approximate surface area is 221 Å². The maximum atomic E-state index is 4.98. The van der Waals surface area contributed by atoms with Crippen LogP contribution in [0.1, 0.15) is 16.7 Å². The number of aliphatic imine (C=N–C) groups is 2. The van der Waals surface area contributed by atoms with Crippen molar-refractivity contribution in [3.63, 3.8) is 0 Å². The predicted molar refractivity (Wildman–Crippen MR) is 157 cm³/mol. The van der Waals surface area contributed by atoms with Crippen molar-refractivity contribution in [2.24, 2.45) is 9.98 Å². The number of hydrogen-bond acceptors (Lipinski definition) is 3. The molecule has 5 aromatic rings. The molecular formula is C34H25N4+. The van der Waals surface area contributed by atoms with E-state index in [2.05, 4.69) is 130 Å². The Bertz CT molecular complexity index is 1780. The van der Waals surface area contributed by atoms with E-state index in [0.717, 1.165) is 39.6 Å². The second kappa shape index (κ2) is 9.41. The fourth-order valence-electron chi connectivity index (χ4n) is 5.20. The number of nitrogens with one attached hydrogen (secondary N) is 1.